The third-order valence-electron chi connectivity index (χ3n) is 4.14. The van der Waals surface area contributed by atoms with E-state index in [0.717, 1.165) is 5.82 Å². The molecule has 1 aromatic heterocycles. The van der Waals surface area contributed by atoms with Crippen molar-refractivity contribution in [3.8, 4) is 0 Å². The van der Waals surface area contributed by atoms with Gasteiger partial charge in [0.25, 0.3) is 0 Å². The molecule has 1 aliphatic rings. The van der Waals surface area contributed by atoms with Gasteiger partial charge in [0.05, 0.1) is 17.6 Å². The quantitative estimate of drug-likeness (QED) is 0.726. The maximum atomic E-state index is 10.9. The van der Waals surface area contributed by atoms with Crippen molar-refractivity contribution in [1.29, 1.82) is 0 Å². The van der Waals surface area contributed by atoms with Crippen LogP contribution >= 0.6 is 0 Å². The molecule has 3 N–H and O–H groups in total. The van der Waals surface area contributed by atoms with Crippen molar-refractivity contribution in [3.63, 3.8) is 0 Å². The third kappa shape index (κ3) is 3.34. The van der Waals surface area contributed by atoms with Crippen LogP contribution in [-0.4, -0.2) is 43.1 Å². The zero-order valence-electron chi connectivity index (χ0n) is 11.9. The molecule has 20 heavy (non-hydrogen) atoms. The number of aliphatic hydroxyl groups is 1. The SMILES string of the molecule is CC(NCC1(O)CCC(C(=O)O)CC1)c1nncn1C. The average Bonchev–Trinajstić information content (AvgIpc) is 2.83. The van der Waals surface area contributed by atoms with E-state index in [1.54, 1.807) is 6.33 Å². The molecule has 7 heteroatoms. The predicted molar refractivity (Wildman–Crippen MR) is 72.0 cm³/mol. The number of carboxylic acid groups (broad SMARTS) is 1. The molecule has 0 aromatic carbocycles. The topological polar surface area (TPSA) is 100 Å². The van der Waals surface area contributed by atoms with Gasteiger partial charge in [0, 0.05) is 13.6 Å². The number of aromatic nitrogens is 3. The van der Waals surface area contributed by atoms with E-state index < -0.39 is 11.6 Å². The van der Waals surface area contributed by atoms with E-state index in [-0.39, 0.29) is 12.0 Å². The molecule has 1 aromatic rings. The first-order valence-corrected chi connectivity index (χ1v) is 6.94. The van der Waals surface area contributed by atoms with Crippen molar-refractivity contribution in [2.24, 2.45) is 13.0 Å². The second kappa shape index (κ2) is 5.88. The van der Waals surface area contributed by atoms with Crippen molar-refractivity contribution >= 4 is 5.97 Å². The number of nitrogens with zero attached hydrogens (tertiary/aromatic N) is 3. The summed E-state index contributed by atoms with van der Waals surface area (Å²) in [5.74, 6) is -0.258. The number of aliphatic carboxylic acids is 1. The van der Waals surface area contributed by atoms with Gasteiger partial charge in [0.2, 0.25) is 0 Å². The molecule has 1 fully saturated rings. The first kappa shape index (κ1) is 14.9. The Bertz CT molecular complexity index is 466. The van der Waals surface area contributed by atoms with E-state index in [9.17, 15) is 9.90 Å². The zero-order valence-corrected chi connectivity index (χ0v) is 11.9. The molecule has 1 heterocycles. The summed E-state index contributed by atoms with van der Waals surface area (Å²) in [4.78, 5) is 10.9. The Morgan fingerprint density at radius 3 is 2.75 bits per heavy atom. The number of hydrogen-bond donors (Lipinski definition) is 3. The predicted octanol–water partition coefficient (Wildman–Crippen LogP) is 0.472. The highest BCUT2D eigenvalue weighted by molar-refractivity contribution is 5.70. The van der Waals surface area contributed by atoms with E-state index in [1.807, 2.05) is 18.5 Å². The van der Waals surface area contributed by atoms with Crippen LogP contribution in [0.15, 0.2) is 6.33 Å². The minimum Gasteiger partial charge on any atom is -0.481 e. The highest BCUT2D eigenvalue weighted by atomic mass is 16.4. The van der Waals surface area contributed by atoms with Gasteiger partial charge >= 0.3 is 5.97 Å². The van der Waals surface area contributed by atoms with E-state index in [0.29, 0.717) is 32.2 Å². The van der Waals surface area contributed by atoms with Crippen LogP contribution in [0.4, 0.5) is 0 Å². The molecule has 1 saturated carbocycles. The van der Waals surface area contributed by atoms with Gasteiger partial charge in [-0.25, -0.2) is 0 Å². The first-order valence-electron chi connectivity index (χ1n) is 6.94. The fourth-order valence-electron chi connectivity index (χ4n) is 2.70. The maximum absolute atomic E-state index is 10.9. The van der Waals surface area contributed by atoms with E-state index in [2.05, 4.69) is 15.5 Å². The van der Waals surface area contributed by atoms with Crippen molar-refractivity contribution in [2.45, 2.75) is 44.2 Å². The molecule has 0 saturated heterocycles. The molecule has 0 aliphatic heterocycles. The van der Waals surface area contributed by atoms with Crippen molar-refractivity contribution < 1.29 is 15.0 Å². The minimum atomic E-state index is -0.821. The van der Waals surface area contributed by atoms with Crippen LogP contribution in [0.2, 0.25) is 0 Å². The Morgan fingerprint density at radius 2 is 2.25 bits per heavy atom. The average molecular weight is 282 g/mol. The van der Waals surface area contributed by atoms with Gasteiger partial charge in [-0.1, -0.05) is 0 Å². The van der Waals surface area contributed by atoms with Crippen LogP contribution in [0, 0.1) is 5.92 Å². The Labute approximate surface area is 118 Å². The highest BCUT2D eigenvalue weighted by Crippen LogP contribution is 2.32. The van der Waals surface area contributed by atoms with Crippen LogP contribution < -0.4 is 5.32 Å². The van der Waals surface area contributed by atoms with Crippen molar-refractivity contribution in [3.05, 3.63) is 12.2 Å². The van der Waals surface area contributed by atoms with Crippen LogP contribution in [0.3, 0.4) is 0 Å². The summed E-state index contributed by atoms with van der Waals surface area (Å²) in [6, 6.07) is -0.0104. The van der Waals surface area contributed by atoms with Gasteiger partial charge in [0.15, 0.2) is 0 Å². The van der Waals surface area contributed by atoms with Crippen molar-refractivity contribution in [1.82, 2.24) is 20.1 Å². The molecule has 0 bridgehead atoms. The minimum absolute atomic E-state index is 0.0104. The van der Waals surface area contributed by atoms with Gasteiger partial charge in [-0.15, -0.1) is 10.2 Å². The summed E-state index contributed by atoms with van der Waals surface area (Å²) in [5, 5.41) is 30.6. The Balaban J connectivity index is 1.85. The molecule has 7 nitrogen and oxygen atoms in total. The summed E-state index contributed by atoms with van der Waals surface area (Å²) in [7, 11) is 1.88. The lowest BCUT2D eigenvalue weighted by molar-refractivity contribution is -0.144. The number of carbonyl (C=O) groups is 1. The van der Waals surface area contributed by atoms with Gasteiger partial charge < -0.3 is 20.1 Å². The molecular formula is C13H22N4O3. The largest absolute Gasteiger partial charge is 0.481 e. The lowest BCUT2D eigenvalue weighted by Gasteiger charge is -2.35. The number of hydrogen-bond acceptors (Lipinski definition) is 5. The first-order chi connectivity index (χ1) is 9.41. The van der Waals surface area contributed by atoms with E-state index >= 15 is 0 Å². The number of rotatable bonds is 5. The molecule has 2 rings (SSSR count). The van der Waals surface area contributed by atoms with Gasteiger partial charge in [-0.05, 0) is 32.6 Å². The van der Waals surface area contributed by atoms with Crippen LogP contribution in [0.25, 0.3) is 0 Å². The molecule has 1 atom stereocenters. The molecular weight excluding hydrogens is 260 g/mol. The van der Waals surface area contributed by atoms with Crippen LogP contribution in [-0.2, 0) is 11.8 Å². The monoisotopic (exact) mass is 282 g/mol. The van der Waals surface area contributed by atoms with Crippen molar-refractivity contribution in [2.75, 3.05) is 6.54 Å². The standard InChI is InChI=1S/C13H22N4O3/c1-9(11-16-15-8-17(11)2)14-7-13(20)5-3-10(4-6-13)12(18)19/h8-10,14,20H,3-7H2,1-2H3,(H,18,19). The fourth-order valence-corrected chi connectivity index (χ4v) is 2.70. The maximum Gasteiger partial charge on any atom is 0.306 e. The van der Waals surface area contributed by atoms with Crippen LogP contribution in [0.5, 0.6) is 0 Å². The highest BCUT2D eigenvalue weighted by Gasteiger charge is 2.35. The summed E-state index contributed by atoms with van der Waals surface area (Å²) < 4.78 is 1.84. The van der Waals surface area contributed by atoms with Gasteiger partial charge in [-0.3, -0.25) is 4.79 Å². The summed E-state index contributed by atoms with van der Waals surface area (Å²) in [6.45, 7) is 2.41. The molecule has 1 aliphatic carbocycles. The van der Waals surface area contributed by atoms with Gasteiger partial charge in [0.1, 0.15) is 12.2 Å². The molecule has 0 spiro atoms. The van der Waals surface area contributed by atoms with Gasteiger partial charge in [-0.2, -0.15) is 0 Å². The van der Waals surface area contributed by atoms with E-state index in [1.165, 1.54) is 0 Å². The Kier molecular flexibility index (Phi) is 4.39. The zero-order chi connectivity index (χ0) is 14.8. The number of nitrogens with one attached hydrogen (secondary N) is 1. The molecule has 1 unspecified atom stereocenters. The lowest BCUT2D eigenvalue weighted by atomic mass is 9.78. The Hall–Kier alpha value is -1.47. The molecule has 0 amide bonds. The second-order valence-corrected chi connectivity index (χ2v) is 5.74. The van der Waals surface area contributed by atoms with Crippen LogP contribution in [0.1, 0.15) is 44.5 Å². The number of carboxylic acids is 1. The fraction of sp³-hybridized carbons (Fsp3) is 0.769. The second-order valence-electron chi connectivity index (χ2n) is 5.74. The normalized spacial score (nSPS) is 28.2. The smallest absolute Gasteiger partial charge is 0.306 e. The lowest BCUT2D eigenvalue weighted by Crippen LogP contribution is -2.45. The Morgan fingerprint density at radius 1 is 1.60 bits per heavy atom. The summed E-state index contributed by atoms with van der Waals surface area (Å²) >= 11 is 0. The van der Waals surface area contributed by atoms with E-state index in [4.69, 9.17) is 5.11 Å². The summed E-state index contributed by atoms with van der Waals surface area (Å²) in [6.07, 6.45) is 3.74. The summed E-state index contributed by atoms with van der Waals surface area (Å²) in [5.41, 5.74) is -0.821. The molecule has 0 radical (unpaired) electrons. The number of aryl methyl sites for hydroxylation is 1. The molecule has 112 valence electrons. The third-order valence-corrected chi connectivity index (χ3v) is 4.14.